The topological polar surface area (TPSA) is 29.3 Å². The summed E-state index contributed by atoms with van der Waals surface area (Å²) in [5.41, 5.74) is 6.02. The normalized spacial score (nSPS) is 23.2. The maximum atomic E-state index is 6.02. The molecule has 1 aromatic heterocycles. The molecule has 0 amide bonds. The summed E-state index contributed by atoms with van der Waals surface area (Å²) >= 11 is 8.94. The second kappa shape index (κ2) is 6.84. The highest BCUT2D eigenvalue weighted by Crippen LogP contribution is 2.38. The Balaban J connectivity index is 2.12. The van der Waals surface area contributed by atoms with Gasteiger partial charge in [0.05, 0.1) is 9.83 Å². The molecule has 0 aliphatic carbocycles. The van der Waals surface area contributed by atoms with Crippen molar-refractivity contribution >= 4 is 43.2 Å². The first kappa shape index (κ1) is 15.0. The monoisotopic (exact) mass is 394 g/mol. The standard InChI is InChI=1S/C13H20Br2N2S/c1-2-9-4-3-5-17(8-9)11(7-16)12-6-10(14)13(15)18-12/h6,9,11H,2-5,7-8,16H2,1H3. The first-order valence-electron chi connectivity index (χ1n) is 6.54. The van der Waals surface area contributed by atoms with Crippen LogP contribution in [0.15, 0.2) is 14.3 Å². The number of hydrogen-bond acceptors (Lipinski definition) is 3. The third-order valence-corrected chi connectivity index (χ3v) is 7.14. The molecular weight excluding hydrogens is 376 g/mol. The molecule has 1 saturated heterocycles. The largest absolute Gasteiger partial charge is 0.329 e. The van der Waals surface area contributed by atoms with Crippen molar-refractivity contribution in [2.75, 3.05) is 19.6 Å². The van der Waals surface area contributed by atoms with Crippen LogP contribution in [0.4, 0.5) is 0 Å². The van der Waals surface area contributed by atoms with Crippen molar-refractivity contribution in [3.05, 3.63) is 19.2 Å². The van der Waals surface area contributed by atoms with E-state index < -0.39 is 0 Å². The van der Waals surface area contributed by atoms with Crippen LogP contribution in [0.2, 0.25) is 0 Å². The van der Waals surface area contributed by atoms with Crippen LogP contribution < -0.4 is 5.73 Å². The Kier molecular flexibility index (Phi) is 5.69. The fraction of sp³-hybridized carbons (Fsp3) is 0.692. The van der Waals surface area contributed by atoms with Gasteiger partial charge in [-0.3, -0.25) is 4.90 Å². The average Bonchev–Trinajstić information content (AvgIpc) is 2.70. The van der Waals surface area contributed by atoms with Crippen LogP contribution >= 0.6 is 43.2 Å². The van der Waals surface area contributed by atoms with E-state index >= 15 is 0 Å². The van der Waals surface area contributed by atoms with E-state index in [0.29, 0.717) is 12.6 Å². The van der Waals surface area contributed by atoms with Crippen LogP contribution in [0.1, 0.15) is 37.1 Å². The fourth-order valence-electron chi connectivity index (χ4n) is 2.69. The molecule has 1 aliphatic rings. The molecule has 102 valence electrons. The lowest BCUT2D eigenvalue weighted by Gasteiger charge is -2.37. The minimum atomic E-state index is 0.381. The number of likely N-dealkylation sites (tertiary alicyclic amines) is 1. The van der Waals surface area contributed by atoms with Gasteiger partial charge in [-0.1, -0.05) is 13.3 Å². The Hall–Kier alpha value is 0.580. The molecule has 2 heterocycles. The van der Waals surface area contributed by atoms with Crippen LogP contribution in [-0.4, -0.2) is 24.5 Å². The van der Waals surface area contributed by atoms with Gasteiger partial charge in [0.2, 0.25) is 0 Å². The Morgan fingerprint density at radius 1 is 1.56 bits per heavy atom. The third-order valence-electron chi connectivity index (χ3n) is 3.78. The van der Waals surface area contributed by atoms with Crippen molar-refractivity contribution in [2.45, 2.75) is 32.2 Å². The van der Waals surface area contributed by atoms with Crippen molar-refractivity contribution in [1.29, 1.82) is 0 Å². The number of thiophene rings is 1. The van der Waals surface area contributed by atoms with Gasteiger partial charge in [-0.25, -0.2) is 0 Å². The molecule has 0 radical (unpaired) electrons. The summed E-state index contributed by atoms with van der Waals surface area (Å²) in [5.74, 6) is 0.847. The molecule has 5 heteroatoms. The van der Waals surface area contributed by atoms with E-state index in [0.717, 1.165) is 10.4 Å². The summed E-state index contributed by atoms with van der Waals surface area (Å²) in [6, 6.07) is 2.59. The second-order valence-corrected chi connectivity index (χ2v) is 8.19. The number of nitrogens with two attached hydrogens (primary N) is 1. The van der Waals surface area contributed by atoms with E-state index in [9.17, 15) is 0 Å². The van der Waals surface area contributed by atoms with Gasteiger partial charge in [0.1, 0.15) is 0 Å². The highest BCUT2D eigenvalue weighted by molar-refractivity contribution is 9.13. The van der Waals surface area contributed by atoms with Gasteiger partial charge < -0.3 is 5.73 Å². The Labute approximate surface area is 130 Å². The predicted molar refractivity (Wildman–Crippen MR) is 86.1 cm³/mol. The van der Waals surface area contributed by atoms with Crippen LogP contribution in [-0.2, 0) is 0 Å². The van der Waals surface area contributed by atoms with Gasteiger partial charge in [-0.2, -0.15) is 0 Å². The number of nitrogens with zero attached hydrogens (tertiary/aromatic N) is 1. The smallest absolute Gasteiger partial charge is 0.0843 e. The lowest BCUT2D eigenvalue weighted by atomic mass is 9.94. The maximum absolute atomic E-state index is 6.02. The van der Waals surface area contributed by atoms with Crippen molar-refractivity contribution in [2.24, 2.45) is 11.7 Å². The van der Waals surface area contributed by atoms with Gasteiger partial charge in [0.15, 0.2) is 0 Å². The van der Waals surface area contributed by atoms with Crippen molar-refractivity contribution in [3.8, 4) is 0 Å². The molecule has 2 atom stereocenters. The lowest BCUT2D eigenvalue weighted by Crippen LogP contribution is -2.40. The van der Waals surface area contributed by atoms with Crippen molar-refractivity contribution < 1.29 is 0 Å². The number of hydrogen-bond donors (Lipinski definition) is 1. The highest BCUT2D eigenvalue weighted by Gasteiger charge is 2.26. The fourth-order valence-corrected chi connectivity index (χ4v) is 4.92. The zero-order valence-electron chi connectivity index (χ0n) is 10.7. The molecule has 2 N–H and O–H groups in total. The first-order valence-corrected chi connectivity index (χ1v) is 8.94. The molecule has 2 unspecified atom stereocenters. The van der Waals surface area contributed by atoms with Gasteiger partial charge in [-0.05, 0) is 63.2 Å². The average molecular weight is 396 g/mol. The van der Waals surface area contributed by atoms with E-state index in [2.05, 4.69) is 49.7 Å². The molecule has 1 fully saturated rings. The van der Waals surface area contributed by atoms with E-state index in [1.54, 1.807) is 11.3 Å². The summed E-state index contributed by atoms with van der Waals surface area (Å²) in [6.45, 7) is 5.39. The SMILES string of the molecule is CCC1CCCN(C(CN)c2cc(Br)c(Br)s2)C1. The minimum absolute atomic E-state index is 0.381. The summed E-state index contributed by atoms with van der Waals surface area (Å²) in [5, 5.41) is 0. The van der Waals surface area contributed by atoms with Crippen LogP contribution in [0.5, 0.6) is 0 Å². The quantitative estimate of drug-likeness (QED) is 0.818. The zero-order chi connectivity index (χ0) is 13.1. The minimum Gasteiger partial charge on any atom is -0.329 e. The van der Waals surface area contributed by atoms with Crippen LogP contribution in [0.3, 0.4) is 0 Å². The van der Waals surface area contributed by atoms with Gasteiger partial charge >= 0.3 is 0 Å². The summed E-state index contributed by atoms with van der Waals surface area (Å²) in [6.07, 6.45) is 3.97. The molecule has 2 rings (SSSR count). The zero-order valence-corrected chi connectivity index (χ0v) is 14.7. The Bertz CT molecular complexity index is 375. The molecule has 0 saturated carbocycles. The van der Waals surface area contributed by atoms with E-state index in [1.165, 1.54) is 41.0 Å². The number of piperidine rings is 1. The Morgan fingerprint density at radius 3 is 2.89 bits per heavy atom. The number of rotatable bonds is 4. The molecule has 1 aromatic rings. The third kappa shape index (κ3) is 3.37. The van der Waals surface area contributed by atoms with Gasteiger partial charge in [0, 0.05) is 22.4 Å². The first-order chi connectivity index (χ1) is 8.65. The molecule has 0 spiro atoms. The van der Waals surface area contributed by atoms with Crippen LogP contribution in [0.25, 0.3) is 0 Å². The molecular formula is C13H20Br2N2S. The molecule has 2 nitrogen and oxygen atoms in total. The molecule has 1 aliphatic heterocycles. The lowest BCUT2D eigenvalue weighted by molar-refractivity contribution is 0.126. The van der Waals surface area contributed by atoms with E-state index in [1.807, 2.05) is 0 Å². The summed E-state index contributed by atoms with van der Waals surface area (Å²) in [4.78, 5) is 3.94. The van der Waals surface area contributed by atoms with Crippen molar-refractivity contribution in [1.82, 2.24) is 4.90 Å². The maximum Gasteiger partial charge on any atom is 0.0843 e. The van der Waals surface area contributed by atoms with E-state index in [4.69, 9.17) is 5.73 Å². The molecule has 18 heavy (non-hydrogen) atoms. The highest BCUT2D eigenvalue weighted by atomic mass is 79.9. The van der Waals surface area contributed by atoms with E-state index in [-0.39, 0.29) is 0 Å². The predicted octanol–water partition coefficient (Wildman–Crippen LogP) is 4.39. The van der Waals surface area contributed by atoms with Gasteiger partial charge in [-0.15, -0.1) is 11.3 Å². The Morgan fingerprint density at radius 2 is 2.33 bits per heavy atom. The molecule has 0 bridgehead atoms. The van der Waals surface area contributed by atoms with Crippen molar-refractivity contribution in [3.63, 3.8) is 0 Å². The molecule has 0 aromatic carbocycles. The summed E-state index contributed by atoms with van der Waals surface area (Å²) < 4.78 is 2.31. The number of halogens is 2. The van der Waals surface area contributed by atoms with Gasteiger partial charge in [0.25, 0.3) is 0 Å². The summed E-state index contributed by atoms with van der Waals surface area (Å²) in [7, 11) is 0. The van der Waals surface area contributed by atoms with Crippen LogP contribution in [0, 0.1) is 5.92 Å². The second-order valence-electron chi connectivity index (χ2n) is 4.93.